The molecule has 4 aliphatic rings. The van der Waals surface area contributed by atoms with Crippen LogP contribution in [0.5, 0.6) is 0 Å². The number of ether oxygens (including phenoxy) is 15. The number of fused-ring (bicyclic) bond motifs is 5. The third-order valence-electron chi connectivity index (χ3n) is 24.1. The van der Waals surface area contributed by atoms with E-state index in [-0.39, 0.29) is 73.5 Å². The normalized spacial score (nSPS) is 26.5. The molecule has 2 saturated heterocycles. The van der Waals surface area contributed by atoms with Crippen molar-refractivity contribution in [1.82, 2.24) is 49.9 Å². The number of methoxy groups -OCH3 is 3. The summed E-state index contributed by atoms with van der Waals surface area (Å²) in [7, 11) is 8.54. The molecule has 0 unspecified atom stereocenters. The Balaban J connectivity index is 0.583. The van der Waals surface area contributed by atoms with Crippen LogP contribution in [0, 0.1) is 35.5 Å². The second-order valence-electron chi connectivity index (χ2n) is 34.3. The van der Waals surface area contributed by atoms with Crippen molar-refractivity contribution in [2.45, 2.75) is 219 Å². The summed E-state index contributed by atoms with van der Waals surface area (Å²) in [5.74, 6) is -7.48. The summed E-state index contributed by atoms with van der Waals surface area (Å²) in [4.78, 5) is 88.9. The van der Waals surface area contributed by atoms with Crippen LogP contribution < -0.4 is 16.0 Å². The van der Waals surface area contributed by atoms with Gasteiger partial charge in [-0.1, -0.05) is 76.3 Å². The Morgan fingerprint density at radius 1 is 0.703 bits per heavy atom. The van der Waals surface area contributed by atoms with Crippen molar-refractivity contribution in [1.29, 1.82) is 0 Å². The first-order chi connectivity index (χ1) is 61.9. The maximum atomic E-state index is 14.8. The number of Topliss-reactive ketones (excluding diaryl/α,β-unsaturated/α-hetero) is 3. The highest BCUT2D eigenvalue weighted by Crippen LogP contribution is 2.40. The molecule has 3 aliphatic heterocycles. The van der Waals surface area contributed by atoms with Crippen LogP contribution in [0.4, 0.5) is 11.8 Å². The van der Waals surface area contributed by atoms with Crippen molar-refractivity contribution in [3.63, 3.8) is 0 Å². The number of cyclic esters (lactones) is 1. The number of unbranched alkanes of at least 4 members (excludes halogenated alkanes) is 1. The second-order valence-corrected chi connectivity index (χ2v) is 34.3. The molecule has 0 spiro atoms. The van der Waals surface area contributed by atoms with E-state index in [9.17, 15) is 34.2 Å². The van der Waals surface area contributed by atoms with Crippen molar-refractivity contribution in [2.75, 3.05) is 185 Å². The molecule has 1 saturated carbocycles. The average molecular weight is 1800 g/mol. The van der Waals surface area contributed by atoms with Crippen molar-refractivity contribution >= 4 is 63.2 Å². The number of oxazole rings is 1. The first-order valence-corrected chi connectivity index (χ1v) is 45.9. The Morgan fingerprint density at radius 3 is 2.05 bits per heavy atom. The molecule has 35 heteroatoms. The molecule has 5 aromatic rings. The van der Waals surface area contributed by atoms with Gasteiger partial charge in [-0.15, -0.1) is 5.10 Å². The number of aliphatic hydroxyl groups excluding tert-OH is 1. The number of aryl methyl sites for hydroxylation is 1. The second kappa shape index (κ2) is 55.5. The molecule has 4 aromatic heterocycles. The van der Waals surface area contributed by atoms with Crippen LogP contribution in [-0.2, 0) is 115 Å². The zero-order chi connectivity index (χ0) is 91.7. The van der Waals surface area contributed by atoms with E-state index in [1.165, 1.54) is 12.0 Å². The maximum Gasteiger partial charge on any atom is 0.329 e. The largest absolute Gasteiger partial charge is 0.460 e. The maximum absolute atomic E-state index is 14.8. The lowest BCUT2D eigenvalue weighted by atomic mass is 9.78. The minimum atomic E-state index is -2.47. The van der Waals surface area contributed by atoms with Crippen molar-refractivity contribution in [3.05, 3.63) is 84.0 Å². The monoisotopic (exact) mass is 1800 g/mol. The van der Waals surface area contributed by atoms with Gasteiger partial charge in [0.25, 0.3) is 17.7 Å². The lowest BCUT2D eigenvalue weighted by Crippen LogP contribution is -2.61. The van der Waals surface area contributed by atoms with Crippen LogP contribution in [0.2, 0.25) is 0 Å². The highest BCUT2D eigenvalue weighted by molar-refractivity contribution is 6.39. The number of anilines is 2. The number of aromatic nitrogens is 8. The Labute approximate surface area is 753 Å². The summed E-state index contributed by atoms with van der Waals surface area (Å²) in [5.41, 5.74) is 11.5. The number of amides is 1. The predicted molar refractivity (Wildman–Crippen MR) is 479 cm³/mol. The third kappa shape index (κ3) is 32.6. The SMILES string of the molecule is CO[C@H]1C[C@@H]2CC[C@@H](C)[C@@](O)(O2)C(=O)C(=O)N2CCCC[C@H]2C(=O)O[C@H]([C@H](C)C[C@@H]2CC[C@@H](OCCOCc3cn(CCOCCOCCOCCOCCOCCOCCOCCOCCCNCCCCn4nc(-c5ccc6oc(N)nc6c5)c5c(N(C)C)ncnc54)nn3)[C@H](OC)C2)CC(=O)[C@H](C)/C=C(\C)[C@@H](O)[C@@H](OC)C(=O)[C@H](C)C[C@H](C)/C=C/C=C/C=C/1C. The van der Waals surface area contributed by atoms with E-state index in [0.29, 0.717) is 212 Å². The number of ketones is 3. The zero-order valence-electron chi connectivity index (χ0n) is 77.5. The fourth-order valence-electron chi connectivity index (χ4n) is 16.8. The van der Waals surface area contributed by atoms with E-state index in [2.05, 4.69) is 30.6 Å². The summed E-state index contributed by atoms with van der Waals surface area (Å²) >= 11 is 0. The summed E-state index contributed by atoms with van der Waals surface area (Å²) in [6.45, 7) is 24.1. The van der Waals surface area contributed by atoms with Gasteiger partial charge in [0.1, 0.15) is 59.2 Å². The molecular formula is C93H144N12O23. The molecule has 128 heavy (non-hydrogen) atoms. The molecule has 35 nitrogen and oxygen atoms in total. The van der Waals surface area contributed by atoms with Gasteiger partial charge in [0, 0.05) is 91.3 Å². The highest BCUT2D eigenvalue weighted by Gasteiger charge is 2.53. The number of piperidine rings is 1. The van der Waals surface area contributed by atoms with Gasteiger partial charge in [-0.2, -0.15) is 10.1 Å². The standard InChI is InChI=1S/C93H144N12O23/c1-63-21-14-13-15-22-64(2)79(113-10)58-73-27-24-69(7)93(112,128-73)87(109)90(110)104-32-18-16-23-75(104)91(111)126-80(59-76(106)65(3)54-68(6)85(108)86(115-12)84(107)67(5)53-63)66(4)55-70-25-28-78(81(56-70)114-11)125-52-51-124-61-72-60-103(101-99-72)34-36-117-38-40-119-42-44-121-46-48-123-50-49-122-47-45-120-43-41-118-39-37-116-35-20-31-95-30-17-19-33-105-89-82(88(102(8)9)96-62-97-89)83(100-105)71-26-29-77-74(57-71)98-92(94)127-77/h13-15,21-22,26,29,54,57,60,62-63,65-67,69-70,73,75,78-81,85-86,95,108,112H,16-20,23-25,27-28,30-53,55-56,58-59,61H2,1-12H3,(H2,94,98)/b15-13+,21-14+,64-22+,68-54+/t63-,65-,66-,67-,69-,70+,73+,75+,78-,79+,80+,81-,85-,86+,93-/m1/s1. The van der Waals surface area contributed by atoms with Gasteiger partial charge in [-0.25, -0.2) is 24.1 Å². The van der Waals surface area contributed by atoms with Crippen molar-refractivity contribution in [2.24, 2.45) is 35.5 Å². The van der Waals surface area contributed by atoms with Crippen LogP contribution in [0.3, 0.4) is 0 Å². The number of hydrogen-bond acceptors (Lipinski definition) is 32. The van der Waals surface area contributed by atoms with Gasteiger partial charge in [0.2, 0.25) is 5.79 Å². The van der Waals surface area contributed by atoms with Gasteiger partial charge in [-0.3, -0.25) is 19.2 Å². The van der Waals surface area contributed by atoms with Crippen LogP contribution in [0.15, 0.2) is 82.7 Å². The quantitative estimate of drug-likeness (QED) is 0.0122. The molecule has 1 aromatic carbocycles. The number of nitrogens with zero attached hydrogens (tertiary/aromatic N) is 10. The summed E-state index contributed by atoms with van der Waals surface area (Å²) in [6.07, 6.45) is 17.7. The predicted octanol–water partition coefficient (Wildman–Crippen LogP) is 9.20. The average Bonchev–Trinajstić information content (AvgIpc) is 1.47. The van der Waals surface area contributed by atoms with Gasteiger partial charge >= 0.3 is 5.97 Å². The number of carbonyl (C=O) groups excluding carboxylic acids is 5. The summed E-state index contributed by atoms with van der Waals surface area (Å²) in [6, 6.07) is 4.69. The summed E-state index contributed by atoms with van der Waals surface area (Å²) < 4.78 is 97.0. The third-order valence-corrected chi connectivity index (χ3v) is 24.1. The number of carbonyl (C=O) groups is 5. The van der Waals surface area contributed by atoms with E-state index in [4.69, 9.17) is 86.3 Å². The van der Waals surface area contributed by atoms with Crippen LogP contribution in [0.25, 0.3) is 33.4 Å². The van der Waals surface area contributed by atoms with Gasteiger partial charge in [0.15, 0.2) is 17.0 Å². The number of benzene rings is 1. The number of nitrogens with one attached hydrogen (secondary N) is 1. The van der Waals surface area contributed by atoms with E-state index >= 15 is 0 Å². The minimum Gasteiger partial charge on any atom is -0.460 e. The highest BCUT2D eigenvalue weighted by atomic mass is 16.6. The first-order valence-electron chi connectivity index (χ1n) is 45.9. The Bertz CT molecular complexity index is 4290. The number of allylic oxidation sites excluding steroid dienone is 6. The van der Waals surface area contributed by atoms with E-state index in [1.54, 1.807) is 52.1 Å². The molecule has 1 aliphatic carbocycles. The summed E-state index contributed by atoms with van der Waals surface area (Å²) in [5, 5.41) is 41.7. The van der Waals surface area contributed by atoms with Crippen LogP contribution in [-0.4, -0.2) is 313 Å². The molecule has 9 rings (SSSR count). The molecule has 5 N–H and O–H groups in total. The number of nitrogen functional groups attached to an aromatic ring is 1. The molecule has 714 valence electrons. The fraction of sp³-hybridized carbons (Fsp3) is 0.710. The fourth-order valence-corrected chi connectivity index (χ4v) is 16.8. The molecule has 0 radical (unpaired) electrons. The molecule has 2 bridgehead atoms. The lowest BCUT2D eigenvalue weighted by molar-refractivity contribution is -0.265. The first kappa shape index (κ1) is 104. The van der Waals surface area contributed by atoms with E-state index in [0.717, 1.165) is 72.5 Å². The Hall–Kier alpha value is -7.79. The number of rotatable bonds is 47. The molecule has 15 atom stereocenters. The van der Waals surface area contributed by atoms with Gasteiger partial charge in [0.05, 0.1) is 161 Å². The zero-order valence-corrected chi connectivity index (χ0v) is 77.5. The molecule has 3 fully saturated rings. The number of aliphatic hydroxyl groups is 2. The Morgan fingerprint density at radius 2 is 1.38 bits per heavy atom. The minimum absolute atomic E-state index is 0.00703. The van der Waals surface area contributed by atoms with Crippen LogP contribution >= 0.6 is 0 Å². The number of nitrogens with two attached hydrogens (primary N) is 1. The van der Waals surface area contributed by atoms with E-state index in [1.807, 2.05) is 106 Å². The van der Waals surface area contributed by atoms with Crippen molar-refractivity contribution in [3.8, 4) is 11.3 Å². The molecule has 7 heterocycles. The van der Waals surface area contributed by atoms with Gasteiger partial charge < -0.3 is 107 Å². The smallest absolute Gasteiger partial charge is 0.329 e. The molecular weight excluding hydrogens is 1650 g/mol. The topological polar surface area (TPSA) is 409 Å². The lowest BCUT2D eigenvalue weighted by Gasteiger charge is -2.42. The number of hydrogen-bond donors (Lipinski definition) is 4. The van der Waals surface area contributed by atoms with Crippen molar-refractivity contribution < 1.29 is 110 Å². The van der Waals surface area contributed by atoms with Crippen LogP contribution in [0.1, 0.15) is 150 Å². The molecule has 1 amide bonds. The van der Waals surface area contributed by atoms with Gasteiger partial charge in [-0.05, 0) is 158 Å². The van der Waals surface area contributed by atoms with E-state index < -0.39 is 77.8 Å². The Kier molecular flexibility index (Phi) is 45.1. The number of esters is 1.